The molecule has 116 valence electrons. The molecule has 0 aliphatic heterocycles. The first-order valence-corrected chi connectivity index (χ1v) is 8.53. The van der Waals surface area contributed by atoms with E-state index < -0.39 is 0 Å². The highest BCUT2D eigenvalue weighted by Gasteiger charge is 2.23. The maximum absolute atomic E-state index is 6.47. The molecule has 1 unspecified atom stereocenters. The molecule has 0 saturated heterocycles. The van der Waals surface area contributed by atoms with Crippen molar-refractivity contribution >= 4 is 27.5 Å². The zero-order valence-corrected chi connectivity index (χ0v) is 15.0. The molecule has 2 aromatic rings. The first-order chi connectivity index (χ1) is 10.0. The van der Waals surface area contributed by atoms with E-state index in [1.807, 2.05) is 18.8 Å². The van der Waals surface area contributed by atoms with Crippen LogP contribution < -0.4 is 5.73 Å². The average molecular weight is 373 g/mol. The number of halogens is 1. The molecule has 0 amide bonds. The molecule has 1 atom stereocenters. The lowest BCUT2D eigenvalue weighted by Gasteiger charge is -2.16. The molecule has 0 bridgehead atoms. The number of hydrogen-bond donors (Lipinski definition) is 1. The lowest BCUT2D eigenvalue weighted by Crippen LogP contribution is -2.23. The van der Waals surface area contributed by atoms with Crippen molar-refractivity contribution in [2.45, 2.75) is 32.4 Å². The molecule has 0 aliphatic carbocycles. The fourth-order valence-electron chi connectivity index (χ4n) is 2.14. The number of likely N-dealkylation sites (N-methyl/N-ethyl adjacent to an activating group) is 1. The fourth-order valence-corrected chi connectivity index (χ4v) is 3.38. The van der Waals surface area contributed by atoms with E-state index in [0.717, 1.165) is 46.7 Å². The highest BCUT2D eigenvalue weighted by atomic mass is 79.9. The molecule has 8 heteroatoms. The van der Waals surface area contributed by atoms with Gasteiger partial charge in [0.1, 0.15) is 0 Å². The maximum Gasteiger partial charge on any atom is 0.0863 e. The van der Waals surface area contributed by atoms with E-state index in [9.17, 15) is 0 Å². The van der Waals surface area contributed by atoms with Gasteiger partial charge in [-0.2, -0.15) is 5.10 Å². The third-order valence-corrected chi connectivity index (χ3v) is 4.70. The smallest absolute Gasteiger partial charge is 0.0863 e. The summed E-state index contributed by atoms with van der Waals surface area (Å²) in [4.78, 5) is 3.16. The fraction of sp³-hybridized carbons (Fsp3) is 0.615. The van der Waals surface area contributed by atoms with E-state index in [1.54, 1.807) is 6.20 Å². The van der Waals surface area contributed by atoms with Gasteiger partial charge in [0.05, 0.1) is 39.5 Å². The van der Waals surface area contributed by atoms with Crippen molar-refractivity contribution in [2.24, 2.45) is 5.73 Å². The van der Waals surface area contributed by atoms with Gasteiger partial charge < -0.3 is 10.6 Å². The van der Waals surface area contributed by atoms with Crippen LogP contribution in [0.25, 0.3) is 0 Å². The second-order valence-electron chi connectivity index (χ2n) is 5.22. The monoisotopic (exact) mass is 372 g/mol. The predicted octanol–water partition coefficient (Wildman–Crippen LogP) is 2.06. The average Bonchev–Trinajstić information content (AvgIpc) is 3.03. The van der Waals surface area contributed by atoms with E-state index in [0.29, 0.717) is 0 Å². The molecule has 0 fully saturated rings. The van der Waals surface area contributed by atoms with E-state index in [4.69, 9.17) is 5.73 Å². The van der Waals surface area contributed by atoms with Crippen molar-refractivity contribution in [1.82, 2.24) is 24.3 Å². The Balaban J connectivity index is 2.27. The van der Waals surface area contributed by atoms with Crippen LogP contribution in [0.3, 0.4) is 0 Å². The van der Waals surface area contributed by atoms with Gasteiger partial charge in [-0.15, -0.1) is 5.10 Å². The third-order valence-electron chi connectivity index (χ3n) is 3.24. The molecule has 6 nitrogen and oxygen atoms in total. The first-order valence-electron chi connectivity index (χ1n) is 6.97. The summed E-state index contributed by atoms with van der Waals surface area (Å²) in [5.41, 5.74) is 8.46. The van der Waals surface area contributed by atoms with Gasteiger partial charge >= 0.3 is 0 Å². The lowest BCUT2D eigenvalue weighted by atomic mass is 10.1. The molecule has 21 heavy (non-hydrogen) atoms. The summed E-state index contributed by atoms with van der Waals surface area (Å²) in [7, 11) is 4.09. The number of aromatic nitrogens is 4. The second-order valence-corrected chi connectivity index (χ2v) is 6.86. The maximum atomic E-state index is 6.47. The molecule has 2 aromatic heterocycles. The van der Waals surface area contributed by atoms with E-state index in [2.05, 4.69) is 42.4 Å². The number of rotatable bonds is 7. The van der Waals surface area contributed by atoms with Crippen molar-refractivity contribution in [1.29, 1.82) is 0 Å². The van der Waals surface area contributed by atoms with E-state index >= 15 is 0 Å². The molecular weight excluding hydrogens is 352 g/mol. The van der Waals surface area contributed by atoms with Crippen LogP contribution in [0.5, 0.6) is 0 Å². The Morgan fingerprint density at radius 1 is 1.48 bits per heavy atom. The van der Waals surface area contributed by atoms with Gasteiger partial charge in [0, 0.05) is 6.54 Å². The third kappa shape index (κ3) is 3.88. The van der Waals surface area contributed by atoms with Crippen molar-refractivity contribution in [3.8, 4) is 0 Å². The van der Waals surface area contributed by atoms with Crippen molar-refractivity contribution in [2.75, 3.05) is 20.6 Å². The van der Waals surface area contributed by atoms with Gasteiger partial charge in [-0.1, -0.05) is 17.8 Å². The second kappa shape index (κ2) is 7.44. The normalized spacial score (nSPS) is 13.0. The van der Waals surface area contributed by atoms with Crippen molar-refractivity contribution in [3.05, 3.63) is 26.9 Å². The predicted molar refractivity (Wildman–Crippen MR) is 88.4 cm³/mol. The Kier molecular flexibility index (Phi) is 5.86. The Morgan fingerprint density at radius 3 is 2.90 bits per heavy atom. The SMILES string of the molecule is CCCc1nnsc1C(N)c1c(Br)cnn1CCN(C)C. The van der Waals surface area contributed by atoms with Crippen LogP contribution in [0.1, 0.15) is 35.7 Å². The lowest BCUT2D eigenvalue weighted by molar-refractivity contribution is 0.368. The Morgan fingerprint density at radius 2 is 2.24 bits per heavy atom. The van der Waals surface area contributed by atoms with Gasteiger partial charge in [-0.05, 0) is 48.0 Å². The molecule has 0 spiro atoms. The first kappa shape index (κ1) is 16.5. The number of hydrogen-bond acceptors (Lipinski definition) is 6. The van der Waals surface area contributed by atoms with Gasteiger partial charge in [0.25, 0.3) is 0 Å². The van der Waals surface area contributed by atoms with Crippen LogP contribution in [0, 0.1) is 0 Å². The minimum absolute atomic E-state index is 0.245. The quantitative estimate of drug-likeness (QED) is 0.804. The Labute approximate surface area is 137 Å². The largest absolute Gasteiger partial charge is 0.318 e. The molecule has 0 aromatic carbocycles. The van der Waals surface area contributed by atoms with Gasteiger partial charge in [0.2, 0.25) is 0 Å². The summed E-state index contributed by atoms with van der Waals surface area (Å²) in [6.07, 6.45) is 3.74. The molecule has 0 aliphatic rings. The standard InChI is InChI=1S/C13H21BrN6S/c1-4-5-10-13(21-18-17-10)11(15)12-9(14)8-16-20(12)7-6-19(2)3/h8,11H,4-7,15H2,1-3H3. The zero-order chi connectivity index (χ0) is 15.4. The van der Waals surface area contributed by atoms with Crippen LogP contribution in [0.15, 0.2) is 10.7 Å². The molecule has 2 N–H and O–H groups in total. The molecular formula is C13H21BrN6S. The highest BCUT2D eigenvalue weighted by molar-refractivity contribution is 9.10. The van der Waals surface area contributed by atoms with Crippen LogP contribution in [-0.2, 0) is 13.0 Å². The Bertz CT molecular complexity index is 579. The molecule has 2 heterocycles. The molecule has 2 rings (SSSR count). The van der Waals surface area contributed by atoms with Crippen molar-refractivity contribution in [3.63, 3.8) is 0 Å². The van der Waals surface area contributed by atoms with Crippen LogP contribution in [-0.4, -0.2) is 44.9 Å². The summed E-state index contributed by atoms with van der Waals surface area (Å²) in [6.45, 7) is 3.85. The summed E-state index contributed by atoms with van der Waals surface area (Å²) in [5, 5.41) is 8.63. The van der Waals surface area contributed by atoms with Crippen LogP contribution in [0.2, 0.25) is 0 Å². The summed E-state index contributed by atoms with van der Waals surface area (Å²) < 4.78 is 6.96. The number of nitrogens with two attached hydrogens (primary N) is 1. The Hall–Kier alpha value is -0.830. The topological polar surface area (TPSA) is 72.9 Å². The van der Waals surface area contributed by atoms with E-state index in [1.165, 1.54) is 11.5 Å². The summed E-state index contributed by atoms with van der Waals surface area (Å²) >= 11 is 4.94. The number of nitrogens with zero attached hydrogens (tertiary/aromatic N) is 5. The van der Waals surface area contributed by atoms with Gasteiger partial charge in [0.15, 0.2) is 0 Å². The minimum atomic E-state index is -0.245. The molecule has 0 radical (unpaired) electrons. The minimum Gasteiger partial charge on any atom is -0.318 e. The van der Waals surface area contributed by atoms with Crippen LogP contribution >= 0.6 is 27.5 Å². The van der Waals surface area contributed by atoms with Crippen LogP contribution in [0.4, 0.5) is 0 Å². The van der Waals surface area contributed by atoms with E-state index in [-0.39, 0.29) is 6.04 Å². The summed E-state index contributed by atoms with van der Waals surface area (Å²) in [6, 6.07) is -0.245. The van der Waals surface area contributed by atoms with Gasteiger partial charge in [-0.25, -0.2) is 0 Å². The molecule has 0 saturated carbocycles. The number of aryl methyl sites for hydroxylation is 1. The van der Waals surface area contributed by atoms with Crippen molar-refractivity contribution < 1.29 is 0 Å². The van der Waals surface area contributed by atoms with Gasteiger partial charge in [-0.3, -0.25) is 4.68 Å². The summed E-state index contributed by atoms with van der Waals surface area (Å²) in [5.74, 6) is 0. The zero-order valence-electron chi connectivity index (χ0n) is 12.6. The highest BCUT2D eigenvalue weighted by Crippen LogP contribution is 2.30.